The predicted octanol–water partition coefficient (Wildman–Crippen LogP) is 0.907. The molecule has 6 heavy (non-hydrogen) atoms. The second-order valence-electron chi connectivity index (χ2n) is 0.859. The minimum Gasteiger partial charge on any atom is -0.322 e. The van der Waals surface area contributed by atoms with Crippen molar-refractivity contribution in [2.75, 3.05) is 0 Å². The molecule has 0 amide bonds. The van der Waals surface area contributed by atoms with E-state index in [9.17, 15) is 0 Å². The Morgan fingerprint density at radius 1 is 2.00 bits per heavy atom. The summed E-state index contributed by atoms with van der Waals surface area (Å²) in [5, 5.41) is 3.66. The first-order valence-electron chi connectivity index (χ1n) is 1.73. The van der Waals surface area contributed by atoms with Gasteiger partial charge in [-0.15, -0.1) is 0 Å². The van der Waals surface area contributed by atoms with Gasteiger partial charge in [-0.05, 0) is 6.42 Å². The van der Waals surface area contributed by atoms with Crippen molar-refractivity contribution in [1.82, 2.24) is 0 Å². The Balaban J connectivity index is 3.22. The van der Waals surface area contributed by atoms with Crippen LogP contribution in [-0.2, 0) is 0 Å². The monoisotopic (exact) mass is 106 g/mol. The SMILES string of the molecule is CCC(Cl)=NN. The lowest BCUT2D eigenvalue weighted by Gasteiger charge is -1.80. The molecule has 0 aromatic heterocycles. The summed E-state index contributed by atoms with van der Waals surface area (Å²) in [4.78, 5) is 0. The topological polar surface area (TPSA) is 38.4 Å². The van der Waals surface area contributed by atoms with Gasteiger partial charge in [0.2, 0.25) is 0 Å². The van der Waals surface area contributed by atoms with E-state index < -0.39 is 0 Å². The highest BCUT2D eigenvalue weighted by atomic mass is 35.5. The van der Waals surface area contributed by atoms with E-state index in [1.807, 2.05) is 6.92 Å². The molecule has 0 atom stereocenters. The fraction of sp³-hybridized carbons (Fsp3) is 0.667. The summed E-state index contributed by atoms with van der Waals surface area (Å²) < 4.78 is 0. The number of halogens is 1. The Kier molecular flexibility index (Phi) is 2.85. The Morgan fingerprint density at radius 2 is 2.50 bits per heavy atom. The zero-order chi connectivity index (χ0) is 4.99. The van der Waals surface area contributed by atoms with Crippen molar-refractivity contribution in [3.63, 3.8) is 0 Å². The van der Waals surface area contributed by atoms with Crippen LogP contribution < -0.4 is 5.84 Å². The third-order valence-electron chi connectivity index (χ3n) is 0.432. The summed E-state index contributed by atoms with van der Waals surface area (Å²) in [6.45, 7) is 1.89. The molecule has 0 radical (unpaired) electrons. The van der Waals surface area contributed by atoms with Crippen LogP contribution in [0.3, 0.4) is 0 Å². The van der Waals surface area contributed by atoms with Crippen LogP contribution in [-0.4, -0.2) is 5.17 Å². The maximum absolute atomic E-state index is 5.27. The maximum Gasteiger partial charge on any atom is 0.125 e. The molecule has 0 aliphatic carbocycles. The summed E-state index contributed by atoms with van der Waals surface area (Å²) in [5.74, 6) is 4.74. The van der Waals surface area contributed by atoms with E-state index in [-0.39, 0.29) is 0 Å². The molecule has 0 bridgehead atoms. The molecule has 0 rings (SSSR count). The van der Waals surface area contributed by atoms with Gasteiger partial charge in [-0.3, -0.25) is 0 Å². The highest BCUT2D eigenvalue weighted by Crippen LogP contribution is 1.85. The van der Waals surface area contributed by atoms with E-state index in [2.05, 4.69) is 5.10 Å². The van der Waals surface area contributed by atoms with Crippen molar-refractivity contribution in [2.45, 2.75) is 13.3 Å². The molecule has 0 aromatic carbocycles. The zero-order valence-corrected chi connectivity index (χ0v) is 4.37. The van der Waals surface area contributed by atoms with Crippen molar-refractivity contribution in [1.29, 1.82) is 0 Å². The molecule has 0 spiro atoms. The van der Waals surface area contributed by atoms with Crippen molar-refractivity contribution in [3.05, 3.63) is 0 Å². The highest BCUT2D eigenvalue weighted by molar-refractivity contribution is 6.65. The molecule has 0 saturated heterocycles. The Bertz CT molecular complexity index is 59.8. The number of hydrazone groups is 1. The van der Waals surface area contributed by atoms with Gasteiger partial charge in [0, 0.05) is 0 Å². The van der Waals surface area contributed by atoms with Crippen LogP contribution in [0.25, 0.3) is 0 Å². The van der Waals surface area contributed by atoms with Crippen LogP contribution in [0.15, 0.2) is 5.10 Å². The quantitative estimate of drug-likeness (QED) is 0.301. The van der Waals surface area contributed by atoms with Crippen molar-refractivity contribution in [2.24, 2.45) is 10.9 Å². The maximum atomic E-state index is 5.27. The first-order chi connectivity index (χ1) is 2.81. The van der Waals surface area contributed by atoms with E-state index in [0.29, 0.717) is 5.17 Å². The molecule has 0 aromatic rings. The molecule has 2 N–H and O–H groups in total. The normalized spacial score (nSPS) is 12.0. The van der Waals surface area contributed by atoms with E-state index in [0.717, 1.165) is 6.42 Å². The molecule has 0 fully saturated rings. The van der Waals surface area contributed by atoms with Crippen LogP contribution in [0.2, 0.25) is 0 Å². The molecular weight excluding hydrogens is 99.5 g/mol. The van der Waals surface area contributed by atoms with Crippen LogP contribution >= 0.6 is 11.6 Å². The van der Waals surface area contributed by atoms with Crippen LogP contribution in [0.5, 0.6) is 0 Å². The first kappa shape index (κ1) is 5.76. The third-order valence-corrected chi connectivity index (χ3v) is 0.797. The lowest BCUT2D eigenvalue weighted by molar-refractivity contribution is 1.20. The fourth-order valence-electron chi connectivity index (χ4n) is 0.0913. The Labute approximate surface area is 42.0 Å². The third kappa shape index (κ3) is 2.03. The molecule has 2 nitrogen and oxygen atoms in total. The van der Waals surface area contributed by atoms with Crippen LogP contribution in [0.4, 0.5) is 0 Å². The number of hydrogen-bond donors (Lipinski definition) is 1. The lowest BCUT2D eigenvalue weighted by Crippen LogP contribution is -1.88. The predicted molar refractivity (Wildman–Crippen MR) is 27.8 cm³/mol. The minimum absolute atomic E-state index is 0.468. The summed E-state index contributed by atoms with van der Waals surface area (Å²) in [6.07, 6.45) is 0.720. The zero-order valence-electron chi connectivity index (χ0n) is 3.61. The van der Waals surface area contributed by atoms with Gasteiger partial charge in [-0.1, -0.05) is 18.5 Å². The van der Waals surface area contributed by atoms with E-state index in [1.54, 1.807) is 0 Å². The van der Waals surface area contributed by atoms with Crippen molar-refractivity contribution >= 4 is 16.8 Å². The number of rotatable bonds is 1. The van der Waals surface area contributed by atoms with Gasteiger partial charge < -0.3 is 5.84 Å². The van der Waals surface area contributed by atoms with Gasteiger partial charge in [0.25, 0.3) is 0 Å². The van der Waals surface area contributed by atoms with Gasteiger partial charge in [0.1, 0.15) is 5.17 Å². The van der Waals surface area contributed by atoms with E-state index in [1.165, 1.54) is 0 Å². The van der Waals surface area contributed by atoms with Crippen molar-refractivity contribution in [3.8, 4) is 0 Å². The number of nitrogens with zero attached hydrogens (tertiary/aromatic N) is 1. The van der Waals surface area contributed by atoms with Crippen molar-refractivity contribution < 1.29 is 0 Å². The Hall–Kier alpha value is -0.240. The first-order valence-corrected chi connectivity index (χ1v) is 2.11. The summed E-state index contributed by atoms with van der Waals surface area (Å²) in [6, 6.07) is 0. The van der Waals surface area contributed by atoms with Gasteiger partial charge in [0.15, 0.2) is 0 Å². The summed E-state index contributed by atoms with van der Waals surface area (Å²) in [7, 11) is 0. The van der Waals surface area contributed by atoms with E-state index >= 15 is 0 Å². The second kappa shape index (κ2) is 2.97. The number of nitrogens with two attached hydrogens (primary N) is 1. The molecule has 36 valence electrons. The van der Waals surface area contributed by atoms with Crippen LogP contribution in [0.1, 0.15) is 13.3 Å². The Morgan fingerprint density at radius 3 is 2.50 bits per heavy atom. The van der Waals surface area contributed by atoms with Crippen LogP contribution in [0, 0.1) is 0 Å². The molecule has 0 heterocycles. The molecule has 0 aliphatic heterocycles. The van der Waals surface area contributed by atoms with Gasteiger partial charge in [0.05, 0.1) is 0 Å². The largest absolute Gasteiger partial charge is 0.322 e. The molecular formula is C3H7ClN2. The second-order valence-corrected chi connectivity index (χ2v) is 1.30. The van der Waals surface area contributed by atoms with E-state index in [4.69, 9.17) is 17.4 Å². The van der Waals surface area contributed by atoms with Gasteiger partial charge in [-0.25, -0.2) is 0 Å². The average molecular weight is 107 g/mol. The summed E-state index contributed by atoms with van der Waals surface area (Å²) in [5.41, 5.74) is 0. The molecule has 0 unspecified atom stereocenters. The molecule has 0 saturated carbocycles. The smallest absolute Gasteiger partial charge is 0.125 e. The molecule has 0 aliphatic rings. The fourth-order valence-corrected chi connectivity index (χ4v) is 0.0913. The average Bonchev–Trinajstić information content (AvgIpc) is 1.65. The van der Waals surface area contributed by atoms with Gasteiger partial charge in [-0.2, -0.15) is 5.10 Å². The molecule has 3 heteroatoms. The highest BCUT2D eigenvalue weighted by Gasteiger charge is 1.80. The lowest BCUT2D eigenvalue weighted by atomic mass is 10.5. The summed E-state index contributed by atoms with van der Waals surface area (Å²) >= 11 is 5.27. The van der Waals surface area contributed by atoms with Gasteiger partial charge >= 0.3 is 0 Å². The standard InChI is InChI=1S/C3H7ClN2/c1-2-3(4)6-5/h2,5H2,1H3. The minimum atomic E-state index is 0.468. The number of hydrogen-bond acceptors (Lipinski definition) is 2.